The van der Waals surface area contributed by atoms with Gasteiger partial charge in [-0.15, -0.1) is 0 Å². The number of carbonyl (C=O) groups is 2. The highest BCUT2D eigenvalue weighted by Gasteiger charge is 2.24. The molecule has 1 aliphatic carbocycles. The van der Waals surface area contributed by atoms with Crippen molar-refractivity contribution in [3.05, 3.63) is 34.9 Å². The van der Waals surface area contributed by atoms with Gasteiger partial charge >= 0.3 is 5.97 Å². The van der Waals surface area contributed by atoms with E-state index in [0.717, 1.165) is 44.3 Å². The van der Waals surface area contributed by atoms with E-state index in [9.17, 15) is 9.59 Å². The van der Waals surface area contributed by atoms with Crippen molar-refractivity contribution in [1.82, 2.24) is 9.80 Å². The predicted molar refractivity (Wildman–Crippen MR) is 101 cm³/mol. The van der Waals surface area contributed by atoms with Crippen LogP contribution in [0, 0.1) is 0 Å². The molecule has 0 aromatic heterocycles. The number of hydrogen-bond donors (Lipinski definition) is 1. The molecule has 1 aliphatic heterocycles. The second kappa shape index (κ2) is 8.67. The van der Waals surface area contributed by atoms with Crippen molar-refractivity contribution in [2.24, 2.45) is 0 Å². The Hall–Kier alpha value is -1.88. The first kappa shape index (κ1) is 18.9. The third-order valence-corrected chi connectivity index (χ3v) is 5.83. The van der Waals surface area contributed by atoms with Gasteiger partial charge in [0.1, 0.15) is 0 Å². The number of rotatable bonds is 5. The normalized spacial score (nSPS) is 20.5. The summed E-state index contributed by atoms with van der Waals surface area (Å²) < 4.78 is 0. The Morgan fingerprint density at radius 1 is 1.12 bits per heavy atom. The molecule has 1 heterocycles. The molecule has 1 amide bonds. The molecule has 5 nitrogen and oxygen atoms in total. The zero-order valence-electron chi connectivity index (χ0n) is 15.7. The monoisotopic (exact) mass is 358 g/mol. The second-order valence-corrected chi connectivity index (χ2v) is 7.76. The van der Waals surface area contributed by atoms with Crippen LogP contribution >= 0.6 is 0 Å². The predicted octanol–water partition coefficient (Wildman–Crippen LogP) is 2.51. The fourth-order valence-corrected chi connectivity index (χ4v) is 4.29. The Bertz CT molecular complexity index is 659. The first-order chi connectivity index (χ1) is 12.5. The average molecular weight is 358 g/mol. The van der Waals surface area contributed by atoms with E-state index in [1.54, 1.807) is 0 Å². The maximum absolute atomic E-state index is 12.8. The lowest BCUT2D eigenvalue weighted by atomic mass is 9.90. The quantitative estimate of drug-likeness (QED) is 0.879. The Kier molecular flexibility index (Phi) is 6.30. The van der Waals surface area contributed by atoms with Gasteiger partial charge in [0.25, 0.3) is 0 Å². The van der Waals surface area contributed by atoms with Crippen LogP contribution in [0.15, 0.2) is 18.2 Å². The molecule has 1 unspecified atom stereocenters. The summed E-state index contributed by atoms with van der Waals surface area (Å²) in [6, 6.07) is 6.79. The van der Waals surface area contributed by atoms with Gasteiger partial charge in [-0.05, 0) is 68.7 Å². The zero-order valence-corrected chi connectivity index (χ0v) is 15.7. The number of carboxylic acid groups (broad SMARTS) is 1. The van der Waals surface area contributed by atoms with E-state index in [4.69, 9.17) is 5.11 Å². The molecule has 1 aromatic rings. The molecule has 1 saturated heterocycles. The first-order valence-electron chi connectivity index (χ1n) is 9.83. The van der Waals surface area contributed by atoms with Crippen LogP contribution in [0.5, 0.6) is 0 Å². The van der Waals surface area contributed by atoms with Crippen LogP contribution < -0.4 is 0 Å². The van der Waals surface area contributed by atoms with Crippen LogP contribution in [0.4, 0.5) is 0 Å². The van der Waals surface area contributed by atoms with Gasteiger partial charge in [0.2, 0.25) is 5.91 Å². The number of carbonyl (C=O) groups excluding carboxylic acids is 1. The third kappa shape index (κ3) is 4.85. The molecule has 142 valence electrons. The number of likely N-dealkylation sites (tertiary alicyclic amines) is 1. The standard InChI is InChI=1S/C21H30N2O3/c1-22(15-21(25)26)19-7-4-11-23(12-10-19)20(24)14-16-8-9-17-5-2-3-6-18(17)13-16/h8-9,13,19H,2-7,10-12,14-15H2,1H3,(H,25,26). The molecule has 26 heavy (non-hydrogen) atoms. The van der Waals surface area contributed by atoms with Crippen LogP contribution in [0.3, 0.4) is 0 Å². The van der Waals surface area contributed by atoms with Crippen LogP contribution in [0.2, 0.25) is 0 Å². The summed E-state index contributed by atoms with van der Waals surface area (Å²) >= 11 is 0. The number of hydrogen-bond acceptors (Lipinski definition) is 3. The fraction of sp³-hybridized carbons (Fsp3) is 0.619. The number of benzene rings is 1. The van der Waals surface area contributed by atoms with E-state index in [1.165, 1.54) is 30.4 Å². The lowest BCUT2D eigenvalue weighted by Crippen LogP contribution is -2.37. The number of nitrogens with zero attached hydrogens (tertiary/aromatic N) is 2. The van der Waals surface area contributed by atoms with Crippen molar-refractivity contribution in [3.63, 3.8) is 0 Å². The van der Waals surface area contributed by atoms with Crippen molar-refractivity contribution >= 4 is 11.9 Å². The van der Waals surface area contributed by atoms with Gasteiger partial charge in [0, 0.05) is 19.1 Å². The Balaban J connectivity index is 1.56. The smallest absolute Gasteiger partial charge is 0.317 e. The van der Waals surface area contributed by atoms with Gasteiger partial charge in [-0.2, -0.15) is 0 Å². The van der Waals surface area contributed by atoms with Gasteiger partial charge in [0.05, 0.1) is 13.0 Å². The molecule has 2 aliphatic rings. The van der Waals surface area contributed by atoms with E-state index in [-0.39, 0.29) is 18.5 Å². The first-order valence-corrected chi connectivity index (χ1v) is 9.83. The second-order valence-electron chi connectivity index (χ2n) is 7.76. The highest BCUT2D eigenvalue weighted by atomic mass is 16.4. The lowest BCUT2D eigenvalue weighted by Gasteiger charge is -2.25. The molecule has 0 radical (unpaired) electrons. The van der Waals surface area contributed by atoms with Gasteiger partial charge < -0.3 is 10.0 Å². The minimum atomic E-state index is -0.794. The topological polar surface area (TPSA) is 60.9 Å². The number of aryl methyl sites for hydroxylation is 2. The van der Waals surface area contributed by atoms with E-state index in [1.807, 2.05) is 16.8 Å². The van der Waals surface area contributed by atoms with E-state index in [0.29, 0.717) is 6.42 Å². The number of amides is 1. The van der Waals surface area contributed by atoms with E-state index >= 15 is 0 Å². The average Bonchev–Trinajstić information content (AvgIpc) is 2.87. The number of aliphatic carboxylic acids is 1. The molecule has 1 fully saturated rings. The zero-order chi connectivity index (χ0) is 18.5. The summed E-state index contributed by atoms with van der Waals surface area (Å²) in [5.41, 5.74) is 4.00. The molecule has 0 bridgehead atoms. The summed E-state index contributed by atoms with van der Waals surface area (Å²) in [4.78, 5) is 27.5. The maximum atomic E-state index is 12.8. The SMILES string of the molecule is CN(CC(=O)O)C1CCCN(C(=O)Cc2ccc3c(c2)CCCC3)CC1. The number of carboxylic acids is 1. The lowest BCUT2D eigenvalue weighted by molar-refractivity contribution is -0.138. The van der Waals surface area contributed by atoms with Gasteiger partial charge in [0.15, 0.2) is 0 Å². The summed E-state index contributed by atoms with van der Waals surface area (Å²) in [6.07, 6.45) is 8.04. The summed E-state index contributed by atoms with van der Waals surface area (Å²) in [5, 5.41) is 8.97. The molecular formula is C21H30N2O3. The van der Waals surface area contributed by atoms with Crippen LogP contribution in [-0.2, 0) is 28.9 Å². The molecular weight excluding hydrogens is 328 g/mol. The largest absolute Gasteiger partial charge is 0.480 e. The van der Waals surface area contributed by atoms with Crippen molar-refractivity contribution < 1.29 is 14.7 Å². The van der Waals surface area contributed by atoms with Crippen molar-refractivity contribution in [2.45, 2.75) is 57.4 Å². The molecule has 5 heteroatoms. The molecule has 3 rings (SSSR count). The van der Waals surface area contributed by atoms with Gasteiger partial charge in [-0.3, -0.25) is 14.5 Å². The Labute approximate surface area is 156 Å². The van der Waals surface area contributed by atoms with Crippen molar-refractivity contribution in [2.75, 3.05) is 26.7 Å². The van der Waals surface area contributed by atoms with Crippen molar-refractivity contribution in [1.29, 1.82) is 0 Å². The molecule has 1 atom stereocenters. The molecule has 0 saturated carbocycles. The number of fused-ring (bicyclic) bond motifs is 1. The summed E-state index contributed by atoms with van der Waals surface area (Å²) in [5.74, 6) is -0.598. The van der Waals surface area contributed by atoms with Gasteiger partial charge in [-0.1, -0.05) is 18.2 Å². The minimum Gasteiger partial charge on any atom is -0.480 e. The molecule has 1 N–H and O–H groups in total. The van der Waals surface area contributed by atoms with Crippen LogP contribution in [-0.4, -0.2) is 59.5 Å². The summed E-state index contributed by atoms with van der Waals surface area (Å²) in [6.45, 7) is 1.56. The van der Waals surface area contributed by atoms with Crippen LogP contribution in [0.25, 0.3) is 0 Å². The number of likely N-dealkylation sites (N-methyl/N-ethyl adjacent to an activating group) is 1. The third-order valence-electron chi connectivity index (χ3n) is 5.83. The minimum absolute atomic E-state index is 0.0632. The maximum Gasteiger partial charge on any atom is 0.317 e. The Morgan fingerprint density at radius 2 is 1.88 bits per heavy atom. The van der Waals surface area contributed by atoms with Gasteiger partial charge in [-0.25, -0.2) is 0 Å². The molecule has 1 aromatic carbocycles. The fourth-order valence-electron chi connectivity index (χ4n) is 4.29. The highest BCUT2D eigenvalue weighted by Crippen LogP contribution is 2.23. The highest BCUT2D eigenvalue weighted by molar-refractivity contribution is 5.79. The Morgan fingerprint density at radius 3 is 2.65 bits per heavy atom. The van der Waals surface area contributed by atoms with Crippen molar-refractivity contribution in [3.8, 4) is 0 Å². The van der Waals surface area contributed by atoms with E-state index < -0.39 is 5.97 Å². The van der Waals surface area contributed by atoms with E-state index in [2.05, 4.69) is 18.2 Å². The summed E-state index contributed by atoms with van der Waals surface area (Å²) in [7, 11) is 1.86. The molecule has 0 spiro atoms. The van der Waals surface area contributed by atoms with Crippen LogP contribution in [0.1, 0.15) is 48.8 Å².